The molecule has 0 spiro atoms. The summed E-state index contributed by atoms with van der Waals surface area (Å²) in [6.07, 6.45) is 1.73. The van der Waals surface area contributed by atoms with Gasteiger partial charge in [-0.2, -0.15) is 0 Å². The first-order valence-electron chi connectivity index (χ1n) is 5.92. The molecule has 0 radical (unpaired) electrons. The number of nitrogens with two attached hydrogens (primary N) is 1. The molecule has 1 heterocycles. The number of hydrogen-bond donors (Lipinski definition) is 1. The van der Waals surface area contributed by atoms with E-state index in [-0.39, 0.29) is 18.4 Å². The Balaban J connectivity index is 0.00000120. The number of para-hydroxylation sites is 2. The number of rotatable bonds is 0. The zero-order valence-corrected chi connectivity index (χ0v) is 10.8. The minimum atomic E-state index is 0. The molecule has 2 aromatic carbocycles. The van der Waals surface area contributed by atoms with Gasteiger partial charge in [0.15, 0.2) is 0 Å². The third-order valence-electron chi connectivity index (χ3n) is 3.13. The van der Waals surface area contributed by atoms with Crippen molar-refractivity contribution in [2.45, 2.75) is 18.9 Å². The van der Waals surface area contributed by atoms with E-state index < -0.39 is 0 Å². The minimum Gasteiger partial charge on any atom is -0.457 e. The van der Waals surface area contributed by atoms with Crippen LogP contribution >= 0.6 is 12.4 Å². The summed E-state index contributed by atoms with van der Waals surface area (Å²) in [6, 6.07) is 16.4. The summed E-state index contributed by atoms with van der Waals surface area (Å²) >= 11 is 0. The smallest absolute Gasteiger partial charge is 0.130 e. The van der Waals surface area contributed by atoms with Crippen molar-refractivity contribution < 1.29 is 4.74 Å². The molecule has 1 aliphatic heterocycles. The minimum absolute atomic E-state index is 0. The van der Waals surface area contributed by atoms with E-state index in [9.17, 15) is 0 Å². The summed E-state index contributed by atoms with van der Waals surface area (Å²) in [5.74, 6) is 1.85. The highest BCUT2D eigenvalue weighted by molar-refractivity contribution is 5.85. The van der Waals surface area contributed by atoms with Crippen LogP contribution in [-0.4, -0.2) is 6.04 Å². The van der Waals surface area contributed by atoms with Gasteiger partial charge in [-0.05, 0) is 36.1 Å². The lowest BCUT2D eigenvalue weighted by Gasteiger charge is -2.21. The van der Waals surface area contributed by atoms with Crippen LogP contribution in [0.1, 0.15) is 11.1 Å². The Kier molecular flexibility index (Phi) is 3.90. The van der Waals surface area contributed by atoms with Crippen molar-refractivity contribution in [2.75, 3.05) is 0 Å². The van der Waals surface area contributed by atoms with Crippen molar-refractivity contribution in [2.24, 2.45) is 5.73 Å². The van der Waals surface area contributed by atoms with Crippen LogP contribution in [0.5, 0.6) is 11.5 Å². The third-order valence-corrected chi connectivity index (χ3v) is 3.13. The summed E-state index contributed by atoms with van der Waals surface area (Å²) in [4.78, 5) is 0. The van der Waals surface area contributed by atoms with Crippen LogP contribution in [0.3, 0.4) is 0 Å². The van der Waals surface area contributed by atoms with Crippen molar-refractivity contribution in [3.63, 3.8) is 0 Å². The number of halogens is 1. The topological polar surface area (TPSA) is 35.2 Å². The van der Waals surface area contributed by atoms with Gasteiger partial charge < -0.3 is 10.5 Å². The molecule has 3 heteroatoms. The third kappa shape index (κ3) is 2.50. The quantitative estimate of drug-likeness (QED) is 0.790. The molecule has 0 saturated carbocycles. The van der Waals surface area contributed by atoms with Gasteiger partial charge in [0, 0.05) is 6.04 Å². The van der Waals surface area contributed by atoms with Crippen molar-refractivity contribution in [1.82, 2.24) is 0 Å². The molecule has 2 nitrogen and oxygen atoms in total. The average molecular weight is 262 g/mol. The highest BCUT2D eigenvalue weighted by atomic mass is 35.5. The van der Waals surface area contributed by atoms with Gasteiger partial charge >= 0.3 is 0 Å². The second-order valence-electron chi connectivity index (χ2n) is 4.49. The first-order chi connectivity index (χ1) is 8.33. The van der Waals surface area contributed by atoms with E-state index in [4.69, 9.17) is 10.5 Å². The lowest BCUT2D eigenvalue weighted by Crippen LogP contribution is -2.27. The van der Waals surface area contributed by atoms with Crippen LogP contribution in [0.4, 0.5) is 0 Å². The van der Waals surface area contributed by atoms with E-state index >= 15 is 0 Å². The zero-order valence-electron chi connectivity index (χ0n) is 10.0. The van der Waals surface area contributed by atoms with Gasteiger partial charge in [0.05, 0.1) is 0 Å². The molecule has 0 amide bonds. The molecular weight excluding hydrogens is 246 g/mol. The van der Waals surface area contributed by atoms with Crippen molar-refractivity contribution in [3.05, 3.63) is 59.7 Å². The summed E-state index contributed by atoms with van der Waals surface area (Å²) in [5, 5.41) is 0. The van der Waals surface area contributed by atoms with E-state index in [1.165, 1.54) is 11.1 Å². The standard InChI is InChI=1S/C15H15NO.ClH/c16-13-9-11-5-1-3-7-14(11)17-15-8-4-2-6-12(15)10-13;/h1-8,13H,9-10,16H2;1H. The lowest BCUT2D eigenvalue weighted by atomic mass is 9.97. The van der Waals surface area contributed by atoms with E-state index in [0.29, 0.717) is 0 Å². The van der Waals surface area contributed by atoms with E-state index in [1.807, 2.05) is 36.4 Å². The van der Waals surface area contributed by atoms with Crippen molar-refractivity contribution in [1.29, 1.82) is 0 Å². The van der Waals surface area contributed by atoms with Crippen LogP contribution in [0.25, 0.3) is 0 Å². The Bertz CT molecular complexity index is 494. The molecule has 0 fully saturated rings. The fraction of sp³-hybridized carbons (Fsp3) is 0.200. The zero-order chi connectivity index (χ0) is 11.7. The SMILES string of the molecule is Cl.NC1Cc2ccccc2Oc2ccccc2C1. The summed E-state index contributed by atoms with van der Waals surface area (Å²) < 4.78 is 5.98. The Morgan fingerprint density at radius 3 is 1.78 bits per heavy atom. The molecule has 2 aromatic rings. The van der Waals surface area contributed by atoms with Crippen LogP contribution in [0, 0.1) is 0 Å². The molecule has 0 aromatic heterocycles. The molecule has 2 N–H and O–H groups in total. The Labute approximate surface area is 113 Å². The molecule has 3 rings (SSSR count). The maximum atomic E-state index is 6.18. The molecule has 1 aliphatic rings. The second-order valence-corrected chi connectivity index (χ2v) is 4.49. The first kappa shape index (κ1) is 12.9. The molecule has 0 bridgehead atoms. The molecule has 0 aliphatic carbocycles. The van der Waals surface area contributed by atoms with E-state index in [2.05, 4.69) is 12.1 Å². The van der Waals surface area contributed by atoms with Crippen LogP contribution < -0.4 is 10.5 Å². The fourth-order valence-corrected chi connectivity index (χ4v) is 2.30. The Morgan fingerprint density at radius 2 is 1.28 bits per heavy atom. The second kappa shape index (κ2) is 5.42. The Hall–Kier alpha value is -1.51. The molecule has 0 saturated heterocycles. The molecule has 94 valence electrons. The van der Waals surface area contributed by atoms with Gasteiger partial charge in [0.2, 0.25) is 0 Å². The van der Waals surface area contributed by atoms with Gasteiger partial charge in [-0.25, -0.2) is 0 Å². The largest absolute Gasteiger partial charge is 0.457 e. The molecule has 0 unspecified atom stereocenters. The first-order valence-corrected chi connectivity index (χ1v) is 5.92. The predicted octanol–water partition coefficient (Wildman–Crippen LogP) is 3.33. The molecule has 18 heavy (non-hydrogen) atoms. The van der Waals surface area contributed by atoms with E-state index in [0.717, 1.165) is 24.3 Å². The number of ether oxygens (including phenoxy) is 1. The molecule has 0 atom stereocenters. The summed E-state index contributed by atoms with van der Waals surface area (Å²) in [5.41, 5.74) is 8.56. The summed E-state index contributed by atoms with van der Waals surface area (Å²) in [6.45, 7) is 0. The number of hydrogen-bond acceptors (Lipinski definition) is 2. The van der Waals surface area contributed by atoms with Gasteiger partial charge in [-0.1, -0.05) is 36.4 Å². The maximum Gasteiger partial charge on any atom is 0.130 e. The lowest BCUT2D eigenvalue weighted by molar-refractivity contribution is 0.453. The maximum absolute atomic E-state index is 6.18. The Morgan fingerprint density at radius 1 is 0.833 bits per heavy atom. The van der Waals surface area contributed by atoms with Gasteiger partial charge in [-0.3, -0.25) is 0 Å². The number of fused-ring (bicyclic) bond motifs is 2. The van der Waals surface area contributed by atoms with Gasteiger partial charge in [-0.15, -0.1) is 12.4 Å². The molecular formula is C15H16ClNO. The highest BCUT2D eigenvalue weighted by Gasteiger charge is 2.16. The summed E-state index contributed by atoms with van der Waals surface area (Å²) in [7, 11) is 0. The van der Waals surface area contributed by atoms with Crippen LogP contribution in [-0.2, 0) is 12.8 Å². The predicted molar refractivity (Wildman–Crippen MR) is 75.6 cm³/mol. The van der Waals surface area contributed by atoms with Crippen LogP contribution in [0.2, 0.25) is 0 Å². The highest BCUT2D eigenvalue weighted by Crippen LogP contribution is 2.31. The van der Waals surface area contributed by atoms with Crippen LogP contribution in [0.15, 0.2) is 48.5 Å². The van der Waals surface area contributed by atoms with Gasteiger partial charge in [0.1, 0.15) is 11.5 Å². The average Bonchev–Trinajstić information content (AvgIpc) is 2.31. The number of benzene rings is 2. The normalized spacial score (nSPS) is 14.3. The monoisotopic (exact) mass is 261 g/mol. The fourth-order valence-electron chi connectivity index (χ4n) is 2.30. The van der Waals surface area contributed by atoms with Crippen molar-refractivity contribution >= 4 is 12.4 Å². The van der Waals surface area contributed by atoms with Gasteiger partial charge in [0.25, 0.3) is 0 Å². The van der Waals surface area contributed by atoms with Crippen molar-refractivity contribution in [3.8, 4) is 11.5 Å². The van der Waals surface area contributed by atoms with E-state index in [1.54, 1.807) is 0 Å².